The molecule has 0 N–H and O–H groups in total. The Morgan fingerprint density at radius 3 is 2.76 bits per heavy atom. The van der Waals surface area contributed by atoms with E-state index in [-0.39, 0.29) is 0 Å². The van der Waals surface area contributed by atoms with E-state index in [2.05, 4.69) is 40.2 Å². The van der Waals surface area contributed by atoms with Gasteiger partial charge < -0.3 is 9.80 Å². The second-order valence-electron chi connectivity index (χ2n) is 4.51. The van der Waals surface area contributed by atoms with Crippen LogP contribution in [0.15, 0.2) is 40.9 Å². The highest BCUT2D eigenvalue weighted by Gasteiger charge is 2.27. The van der Waals surface area contributed by atoms with Crippen LogP contribution in [0.2, 0.25) is 0 Å². The fourth-order valence-electron chi connectivity index (χ4n) is 2.24. The number of nitrogens with zero attached hydrogens (tertiary/aromatic N) is 5. The Hall–Kier alpha value is -2.04. The van der Waals surface area contributed by atoms with E-state index in [0.29, 0.717) is 0 Å². The maximum atomic E-state index is 4.49. The standard InChI is InChI=1S/C12H15N5/c1-15-7-9-11(16(2)8-15)6-13-12(9)10-4-5-17(3)14-10/h4-7H,8H2,1-3H3. The van der Waals surface area contributed by atoms with Gasteiger partial charge in [0.1, 0.15) is 11.4 Å². The van der Waals surface area contributed by atoms with Crippen LogP contribution in [0.1, 0.15) is 5.69 Å². The van der Waals surface area contributed by atoms with Gasteiger partial charge in [-0.3, -0.25) is 9.67 Å². The predicted molar refractivity (Wildman–Crippen MR) is 66.3 cm³/mol. The maximum absolute atomic E-state index is 4.49. The molecule has 5 nitrogen and oxygen atoms in total. The van der Waals surface area contributed by atoms with E-state index >= 15 is 0 Å². The molecule has 2 aliphatic rings. The zero-order valence-electron chi connectivity index (χ0n) is 10.3. The summed E-state index contributed by atoms with van der Waals surface area (Å²) < 4.78 is 1.80. The minimum absolute atomic E-state index is 0.889. The number of allylic oxidation sites excluding steroid dienone is 1. The lowest BCUT2D eigenvalue weighted by Gasteiger charge is -2.32. The van der Waals surface area contributed by atoms with Crippen molar-refractivity contribution in [3.8, 4) is 0 Å². The van der Waals surface area contributed by atoms with Crippen LogP contribution in [0, 0.1) is 0 Å². The summed E-state index contributed by atoms with van der Waals surface area (Å²) in [6, 6.07) is 1.99. The monoisotopic (exact) mass is 229 g/mol. The molecule has 0 unspecified atom stereocenters. The Bertz CT molecular complexity index is 549. The summed E-state index contributed by atoms with van der Waals surface area (Å²) >= 11 is 0. The van der Waals surface area contributed by atoms with Crippen molar-refractivity contribution >= 4 is 5.71 Å². The van der Waals surface area contributed by atoms with Gasteiger partial charge in [-0.15, -0.1) is 0 Å². The summed E-state index contributed by atoms with van der Waals surface area (Å²) in [7, 11) is 6.06. The molecule has 0 radical (unpaired) electrons. The second kappa shape index (κ2) is 3.48. The van der Waals surface area contributed by atoms with E-state index in [1.54, 1.807) is 4.68 Å². The molecule has 0 aromatic carbocycles. The lowest BCUT2D eigenvalue weighted by atomic mass is 10.1. The molecular weight excluding hydrogens is 214 g/mol. The van der Waals surface area contributed by atoms with Gasteiger partial charge in [0, 0.05) is 39.1 Å². The van der Waals surface area contributed by atoms with E-state index in [1.807, 2.05) is 25.5 Å². The average Bonchev–Trinajstić information content (AvgIpc) is 2.83. The number of hydrogen-bond acceptors (Lipinski definition) is 4. The van der Waals surface area contributed by atoms with Gasteiger partial charge in [0.05, 0.1) is 18.6 Å². The highest BCUT2D eigenvalue weighted by molar-refractivity contribution is 6.16. The highest BCUT2D eigenvalue weighted by Crippen LogP contribution is 2.28. The zero-order valence-corrected chi connectivity index (χ0v) is 10.3. The van der Waals surface area contributed by atoms with Crippen LogP contribution in [-0.2, 0) is 7.05 Å². The number of rotatable bonds is 1. The van der Waals surface area contributed by atoms with Crippen molar-refractivity contribution in [3.63, 3.8) is 0 Å². The fourth-order valence-corrected chi connectivity index (χ4v) is 2.24. The van der Waals surface area contributed by atoms with Crippen LogP contribution in [0.4, 0.5) is 0 Å². The number of likely N-dealkylation sites (N-methyl/N-ethyl adjacent to an activating group) is 1. The summed E-state index contributed by atoms with van der Waals surface area (Å²) in [5.41, 5.74) is 4.21. The van der Waals surface area contributed by atoms with Gasteiger partial charge >= 0.3 is 0 Å². The van der Waals surface area contributed by atoms with Gasteiger partial charge in [-0.1, -0.05) is 0 Å². The topological polar surface area (TPSA) is 36.7 Å². The van der Waals surface area contributed by atoms with Gasteiger partial charge in [-0.25, -0.2) is 0 Å². The van der Waals surface area contributed by atoms with Crippen molar-refractivity contribution in [1.29, 1.82) is 0 Å². The Morgan fingerprint density at radius 1 is 1.24 bits per heavy atom. The van der Waals surface area contributed by atoms with E-state index < -0.39 is 0 Å². The molecule has 88 valence electrons. The average molecular weight is 229 g/mol. The summed E-state index contributed by atoms with van der Waals surface area (Å²) in [6.07, 6.45) is 5.99. The maximum Gasteiger partial charge on any atom is 0.111 e. The van der Waals surface area contributed by atoms with E-state index in [9.17, 15) is 0 Å². The first kappa shape index (κ1) is 10.1. The Morgan fingerprint density at radius 2 is 2.06 bits per heavy atom. The number of hydrogen-bond donors (Lipinski definition) is 0. The molecule has 2 aliphatic heterocycles. The normalized spacial score (nSPS) is 18.9. The number of aryl methyl sites for hydroxylation is 1. The lowest BCUT2D eigenvalue weighted by Crippen LogP contribution is -2.35. The minimum atomic E-state index is 0.889. The first-order valence-corrected chi connectivity index (χ1v) is 5.57. The molecule has 3 heterocycles. The zero-order chi connectivity index (χ0) is 12.0. The molecule has 17 heavy (non-hydrogen) atoms. The van der Waals surface area contributed by atoms with Crippen molar-refractivity contribution < 1.29 is 0 Å². The molecule has 0 atom stereocenters. The predicted octanol–water partition coefficient (Wildman–Crippen LogP) is 0.783. The molecule has 0 bridgehead atoms. The van der Waals surface area contributed by atoms with Crippen LogP contribution in [0.25, 0.3) is 0 Å². The summed E-state index contributed by atoms with van der Waals surface area (Å²) in [5.74, 6) is 0. The second-order valence-corrected chi connectivity index (χ2v) is 4.51. The first-order chi connectivity index (χ1) is 8.15. The van der Waals surface area contributed by atoms with Crippen LogP contribution in [-0.4, -0.2) is 46.1 Å². The quantitative estimate of drug-likeness (QED) is 0.714. The number of aromatic nitrogens is 2. The lowest BCUT2D eigenvalue weighted by molar-refractivity contribution is 0.262. The molecule has 0 aliphatic carbocycles. The molecule has 0 fully saturated rings. The molecule has 1 aromatic heterocycles. The van der Waals surface area contributed by atoms with Crippen molar-refractivity contribution in [2.75, 3.05) is 20.8 Å². The van der Waals surface area contributed by atoms with Gasteiger partial charge in [-0.2, -0.15) is 5.10 Å². The SMILES string of the molecule is CN1C=C2C(=CN=C2c2ccn(C)n2)N(C)C1. The summed E-state index contributed by atoms with van der Waals surface area (Å²) in [5, 5.41) is 4.41. The van der Waals surface area contributed by atoms with Gasteiger partial charge in [0.2, 0.25) is 0 Å². The molecule has 0 spiro atoms. The van der Waals surface area contributed by atoms with Crippen molar-refractivity contribution in [3.05, 3.63) is 41.6 Å². The van der Waals surface area contributed by atoms with Crippen LogP contribution in [0.5, 0.6) is 0 Å². The molecule has 3 rings (SSSR count). The largest absolute Gasteiger partial charge is 0.362 e. The smallest absolute Gasteiger partial charge is 0.111 e. The minimum Gasteiger partial charge on any atom is -0.362 e. The molecular formula is C12H15N5. The van der Waals surface area contributed by atoms with Gasteiger partial charge in [0.25, 0.3) is 0 Å². The number of fused-ring (bicyclic) bond motifs is 1. The molecule has 1 aromatic rings. The van der Waals surface area contributed by atoms with Crippen LogP contribution >= 0.6 is 0 Å². The first-order valence-electron chi connectivity index (χ1n) is 5.57. The molecule has 0 amide bonds. The Kier molecular flexibility index (Phi) is 2.07. The van der Waals surface area contributed by atoms with Gasteiger partial charge in [-0.05, 0) is 6.07 Å². The van der Waals surface area contributed by atoms with E-state index in [1.165, 1.54) is 5.70 Å². The molecule has 5 heteroatoms. The van der Waals surface area contributed by atoms with Crippen molar-refractivity contribution in [1.82, 2.24) is 19.6 Å². The van der Waals surface area contributed by atoms with Crippen molar-refractivity contribution in [2.45, 2.75) is 0 Å². The molecule has 0 saturated carbocycles. The fraction of sp³-hybridized carbons (Fsp3) is 0.333. The van der Waals surface area contributed by atoms with E-state index in [4.69, 9.17) is 0 Å². The summed E-state index contributed by atoms with van der Waals surface area (Å²) in [4.78, 5) is 8.83. The van der Waals surface area contributed by atoms with Crippen LogP contribution < -0.4 is 0 Å². The Labute approximate surface area is 100 Å². The van der Waals surface area contributed by atoms with Crippen LogP contribution in [0.3, 0.4) is 0 Å². The van der Waals surface area contributed by atoms with Crippen molar-refractivity contribution in [2.24, 2.45) is 12.0 Å². The molecule has 0 saturated heterocycles. The highest BCUT2D eigenvalue weighted by atomic mass is 15.3. The van der Waals surface area contributed by atoms with Gasteiger partial charge in [0.15, 0.2) is 0 Å². The number of aliphatic imine (C=N–C) groups is 1. The third kappa shape index (κ3) is 1.54. The third-order valence-electron chi connectivity index (χ3n) is 3.00. The Balaban J connectivity index is 2.01. The third-order valence-corrected chi connectivity index (χ3v) is 3.00. The summed E-state index contributed by atoms with van der Waals surface area (Å²) in [6.45, 7) is 0.889. The van der Waals surface area contributed by atoms with E-state index in [0.717, 1.165) is 23.6 Å².